The summed E-state index contributed by atoms with van der Waals surface area (Å²) in [4.78, 5) is 29.2. The molecule has 0 spiro atoms. The van der Waals surface area contributed by atoms with Gasteiger partial charge in [-0.05, 0) is 59.4 Å². The van der Waals surface area contributed by atoms with Crippen molar-refractivity contribution >= 4 is 17.5 Å². The number of aryl methyl sites for hydroxylation is 2. The topological polar surface area (TPSA) is 37.4 Å². The zero-order valence-electron chi connectivity index (χ0n) is 17.3. The molecule has 1 saturated heterocycles. The van der Waals surface area contributed by atoms with Crippen LogP contribution in [-0.2, 0) is 15.0 Å². The van der Waals surface area contributed by atoms with Crippen LogP contribution in [0.25, 0.3) is 0 Å². The van der Waals surface area contributed by atoms with E-state index in [1.807, 2.05) is 50.2 Å². The molecule has 0 aromatic heterocycles. The molecule has 0 saturated carbocycles. The highest BCUT2D eigenvalue weighted by Crippen LogP contribution is 2.64. The number of benzene rings is 3. The SMILES string of the molecule is Cc1cc(C)cc(N2C(=O)C3C4c5ccccc5C(C)(c5ccccc54)C3C2=O)c1. The number of anilines is 1. The van der Waals surface area contributed by atoms with Gasteiger partial charge in [0.15, 0.2) is 0 Å². The molecule has 30 heavy (non-hydrogen) atoms. The van der Waals surface area contributed by atoms with Crippen molar-refractivity contribution in [3.8, 4) is 0 Å². The summed E-state index contributed by atoms with van der Waals surface area (Å²) in [5.74, 6) is -0.924. The summed E-state index contributed by atoms with van der Waals surface area (Å²) in [5.41, 5.74) is 7.09. The number of carbonyl (C=O) groups is 2. The van der Waals surface area contributed by atoms with Crippen molar-refractivity contribution in [3.05, 3.63) is 100 Å². The second-order valence-corrected chi connectivity index (χ2v) is 9.22. The molecule has 2 unspecified atom stereocenters. The van der Waals surface area contributed by atoms with Crippen molar-refractivity contribution in [2.75, 3.05) is 4.90 Å². The largest absolute Gasteiger partial charge is 0.274 e. The molecule has 3 aliphatic carbocycles. The van der Waals surface area contributed by atoms with E-state index in [0.717, 1.165) is 11.1 Å². The zero-order valence-corrected chi connectivity index (χ0v) is 17.3. The molecular weight excluding hydrogens is 370 g/mol. The molecule has 3 nitrogen and oxygen atoms in total. The van der Waals surface area contributed by atoms with Crippen LogP contribution in [0.4, 0.5) is 5.69 Å². The van der Waals surface area contributed by atoms with Gasteiger partial charge in [-0.3, -0.25) is 9.59 Å². The molecular formula is C27H23NO2. The highest BCUT2D eigenvalue weighted by Gasteiger charge is 2.66. The predicted molar refractivity (Wildman–Crippen MR) is 117 cm³/mol. The van der Waals surface area contributed by atoms with Crippen molar-refractivity contribution in [1.82, 2.24) is 0 Å². The van der Waals surface area contributed by atoms with Crippen molar-refractivity contribution < 1.29 is 9.59 Å². The maximum Gasteiger partial charge on any atom is 0.238 e. The Morgan fingerprint density at radius 1 is 0.767 bits per heavy atom. The summed E-state index contributed by atoms with van der Waals surface area (Å²) >= 11 is 0. The lowest BCUT2D eigenvalue weighted by Gasteiger charge is -2.52. The molecule has 0 radical (unpaired) electrons. The minimum absolute atomic E-state index is 0.0600. The summed E-state index contributed by atoms with van der Waals surface area (Å²) in [7, 11) is 0. The zero-order chi connectivity index (χ0) is 20.8. The predicted octanol–water partition coefficient (Wildman–Crippen LogP) is 4.87. The number of imide groups is 1. The first-order valence-corrected chi connectivity index (χ1v) is 10.6. The van der Waals surface area contributed by atoms with Crippen molar-refractivity contribution in [2.45, 2.75) is 32.1 Å². The Kier molecular flexibility index (Phi) is 3.35. The van der Waals surface area contributed by atoms with E-state index in [9.17, 15) is 9.59 Å². The lowest BCUT2D eigenvalue weighted by atomic mass is 9.48. The molecule has 3 aromatic carbocycles. The first kappa shape index (κ1) is 17.6. The molecule has 4 aliphatic rings. The molecule has 3 heteroatoms. The normalized spacial score (nSPS) is 28.4. The molecule has 2 atom stereocenters. The highest BCUT2D eigenvalue weighted by atomic mass is 16.2. The van der Waals surface area contributed by atoms with E-state index in [0.29, 0.717) is 5.69 Å². The summed E-state index contributed by atoms with van der Waals surface area (Å²) in [6, 6.07) is 22.7. The van der Waals surface area contributed by atoms with Gasteiger partial charge in [0.2, 0.25) is 11.8 Å². The first-order chi connectivity index (χ1) is 14.4. The first-order valence-electron chi connectivity index (χ1n) is 10.6. The third-order valence-corrected chi connectivity index (χ3v) is 7.51. The molecule has 0 N–H and O–H groups in total. The van der Waals surface area contributed by atoms with Gasteiger partial charge >= 0.3 is 0 Å². The van der Waals surface area contributed by atoms with Gasteiger partial charge in [-0.25, -0.2) is 4.90 Å². The standard InChI is InChI=1S/C27H23NO2/c1-15-12-16(2)14-17(13-15)28-25(29)23-22-18-8-4-6-10-20(18)27(3,24(23)26(28)30)21-11-7-5-9-19(21)22/h4-14,22-24H,1-3H3. The van der Waals surface area contributed by atoms with Crippen LogP contribution >= 0.6 is 0 Å². The monoisotopic (exact) mass is 393 g/mol. The van der Waals surface area contributed by atoms with Gasteiger partial charge < -0.3 is 0 Å². The van der Waals surface area contributed by atoms with Crippen molar-refractivity contribution in [3.63, 3.8) is 0 Å². The van der Waals surface area contributed by atoms with Gasteiger partial charge in [-0.15, -0.1) is 0 Å². The number of rotatable bonds is 1. The molecule has 2 amide bonds. The minimum atomic E-state index is -0.507. The van der Waals surface area contributed by atoms with Gasteiger partial charge in [0.1, 0.15) is 0 Å². The van der Waals surface area contributed by atoms with Crippen LogP contribution in [0.15, 0.2) is 66.7 Å². The average molecular weight is 393 g/mol. The van der Waals surface area contributed by atoms with E-state index >= 15 is 0 Å². The van der Waals surface area contributed by atoms with Crippen LogP contribution in [0.3, 0.4) is 0 Å². The lowest BCUT2D eigenvalue weighted by Crippen LogP contribution is -2.51. The third-order valence-electron chi connectivity index (χ3n) is 7.51. The van der Waals surface area contributed by atoms with E-state index in [1.54, 1.807) is 0 Å². The number of carbonyl (C=O) groups excluding carboxylic acids is 2. The molecule has 7 rings (SSSR count). The average Bonchev–Trinajstić information content (AvgIpc) is 2.99. The Labute approximate surface area is 176 Å². The van der Waals surface area contributed by atoms with Gasteiger partial charge in [0, 0.05) is 11.3 Å². The Hall–Kier alpha value is -3.20. The van der Waals surface area contributed by atoms with Crippen LogP contribution in [0.2, 0.25) is 0 Å². The molecule has 1 aliphatic heterocycles. The van der Waals surface area contributed by atoms with Crippen LogP contribution in [-0.4, -0.2) is 11.8 Å². The quantitative estimate of drug-likeness (QED) is 0.553. The minimum Gasteiger partial charge on any atom is -0.274 e. The number of hydrogen-bond acceptors (Lipinski definition) is 2. The summed E-state index contributed by atoms with van der Waals surface area (Å²) in [6.45, 7) is 6.17. The van der Waals surface area contributed by atoms with Crippen molar-refractivity contribution in [1.29, 1.82) is 0 Å². The Morgan fingerprint density at radius 2 is 1.30 bits per heavy atom. The summed E-state index contributed by atoms with van der Waals surface area (Å²) < 4.78 is 0. The fourth-order valence-electron chi connectivity index (χ4n) is 6.49. The third kappa shape index (κ3) is 1.95. The van der Waals surface area contributed by atoms with E-state index in [1.165, 1.54) is 27.2 Å². The van der Waals surface area contributed by atoms with Crippen molar-refractivity contribution in [2.24, 2.45) is 11.8 Å². The Bertz CT molecular complexity index is 1190. The van der Waals surface area contributed by atoms with E-state index in [2.05, 4.69) is 37.3 Å². The maximum absolute atomic E-state index is 13.9. The number of hydrogen-bond donors (Lipinski definition) is 0. The van der Waals surface area contributed by atoms with E-state index < -0.39 is 5.41 Å². The smallest absolute Gasteiger partial charge is 0.238 e. The van der Waals surface area contributed by atoms with Gasteiger partial charge in [-0.1, -0.05) is 61.5 Å². The Balaban J connectivity index is 1.62. The van der Waals surface area contributed by atoms with E-state index in [4.69, 9.17) is 0 Å². The summed E-state index contributed by atoms with van der Waals surface area (Å²) in [5, 5.41) is 0. The maximum atomic E-state index is 13.9. The van der Waals surface area contributed by atoms with Crippen LogP contribution in [0.5, 0.6) is 0 Å². The Morgan fingerprint density at radius 3 is 1.87 bits per heavy atom. The van der Waals surface area contributed by atoms with Gasteiger partial charge in [0.25, 0.3) is 0 Å². The van der Waals surface area contributed by atoms with Gasteiger partial charge in [-0.2, -0.15) is 0 Å². The van der Waals surface area contributed by atoms with Gasteiger partial charge in [0.05, 0.1) is 17.5 Å². The lowest BCUT2D eigenvalue weighted by molar-refractivity contribution is -0.123. The molecule has 3 aromatic rings. The van der Waals surface area contributed by atoms with Crippen LogP contribution in [0, 0.1) is 25.7 Å². The highest BCUT2D eigenvalue weighted by molar-refractivity contribution is 6.23. The molecule has 148 valence electrons. The molecule has 2 bridgehead atoms. The molecule has 1 heterocycles. The van der Waals surface area contributed by atoms with E-state index in [-0.39, 0.29) is 29.6 Å². The summed E-state index contributed by atoms with van der Waals surface area (Å²) in [6.07, 6.45) is 0. The second kappa shape index (κ2) is 5.69. The number of amides is 2. The van der Waals surface area contributed by atoms with Crippen LogP contribution < -0.4 is 4.90 Å². The number of nitrogens with zero attached hydrogens (tertiary/aromatic N) is 1. The fourth-order valence-corrected chi connectivity index (χ4v) is 6.49. The fraction of sp³-hybridized carbons (Fsp3) is 0.259. The second-order valence-electron chi connectivity index (χ2n) is 9.22. The van der Waals surface area contributed by atoms with Crippen LogP contribution in [0.1, 0.15) is 46.2 Å². The molecule has 1 fully saturated rings.